The van der Waals surface area contributed by atoms with E-state index in [-0.39, 0.29) is 18.0 Å². The summed E-state index contributed by atoms with van der Waals surface area (Å²) in [6, 6.07) is 19.2. The van der Waals surface area contributed by atoms with Crippen LogP contribution in [0.15, 0.2) is 77.8 Å². The molecule has 1 heterocycles. The highest BCUT2D eigenvalue weighted by Gasteiger charge is 2.25. The van der Waals surface area contributed by atoms with Crippen molar-refractivity contribution in [2.45, 2.75) is 24.5 Å². The first-order valence-corrected chi connectivity index (χ1v) is 10.5. The average Bonchev–Trinajstić information content (AvgIpc) is 2.70. The first kappa shape index (κ1) is 20.4. The van der Waals surface area contributed by atoms with Gasteiger partial charge in [0.25, 0.3) is 0 Å². The van der Waals surface area contributed by atoms with Gasteiger partial charge in [-0.3, -0.25) is 16.3 Å². The van der Waals surface area contributed by atoms with Gasteiger partial charge in [0, 0.05) is 24.3 Å². The maximum absolute atomic E-state index is 13.3. The van der Waals surface area contributed by atoms with Crippen molar-refractivity contribution < 1.29 is 8.42 Å². The van der Waals surface area contributed by atoms with Gasteiger partial charge in [-0.2, -0.15) is 4.31 Å². The third kappa shape index (κ3) is 5.15. The molecule has 0 unspecified atom stereocenters. The molecule has 3 aromatic rings. The van der Waals surface area contributed by atoms with Gasteiger partial charge >= 0.3 is 0 Å². The fourth-order valence-corrected chi connectivity index (χ4v) is 4.26. The van der Waals surface area contributed by atoms with Crippen LogP contribution in [0.3, 0.4) is 0 Å². The van der Waals surface area contributed by atoms with Crippen LogP contribution in [-0.4, -0.2) is 17.7 Å². The van der Waals surface area contributed by atoms with Crippen molar-refractivity contribution in [3.05, 3.63) is 94.8 Å². The number of halogens is 1. The zero-order valence-electron chi connectivity index (χ0n) is 15.1. The zero-order valence-corrected chi connectivity index (χ0v) is 16.7. The quantitative estimate of drug-likeness (QED) is 0.435. The molecule has 3 rings (SSSR count). The minimum Gasteiger partial charge on any atom is -0.271 e. The highest BCUT2D eigenvalue weighted by molar-refractivity contribution is 7.89. The van der Waals surface area contributed by atoms with Gasteiger partial charge in [-0.05, 0) is 47.5 Å². The predicted octanol–water partition coefficient (Wildman–Crippen LogP) is 3.09. The van der Waals surface area contributed by atoms with Crippen LogP contribution in [0, 0.1) is 0 Å². The molecule has 0 radical (unpaired) electrons. The summed E-state index contributed by atoms with van der Waals surface area (Å²) in [5, 5.41) is 0.485. The highest BCUT2D eigenvalue weighted by atomic mass is 35.5. The highest BCUT2D eigenvalue weighted by Crippen LogP contribution is 2.22. The van der Waals surface area contributed by atoms with Gasteiger partial charge in [0.1, 0.15) is 0 Å². The van der Waals surface area contributed by atoms with Crippen LogP contribution < -0.4 is 11.3 Å². The first-order valence-electron chi connectivity index (χ1n) is 8.66. The lowest BCUT2D eigenvalue weighted by Crippen LogP contribution is -2.30. The maximum Gasteiger partial charge on any atom is 0.243 e. The largest absolute Gasteiger partial charge is 0.271 e. The van der Waals surface area contributed by atoms with Crippen molar-refractivity contribution in [1.29, 1.82) is 0 Å². The van der Waals surface area contributed by atoms with Crippen molar-refractivity contribution in [3.8, 4) is 0 Å². The van der Waals surface area contributed by atoms with Crippen LogP contribution in [0.1, 0.15) is 16.8 Å². The number of aromatic nitrogens is 1. The number of nitrogens with one attached hydrogen (secondary N) is 1. The predicted molar refractivity (Wildman–Crippen MR) is 110 cm³/mol. The molecule has 0 aliphatic heterocycles. The normalized spacial score (nSPS) is 11.7. The summed E-state index contributed by atoms with van der Waals surface area (Å²) in [5.74, 6) is 5.34. The lowest BCUT2D eigenvalue weighted by molar-refractivity contribution is 0.397. The number of nitrogens with zero attached hydrogens (tertiary/aromatic N) is 2. The lowest BCUT2D eigenvalue weighted by atomic mass is 10.1. The molecule has 0 bridgehead atoms. The maximum atomic E-state index is 13.3. The molecule has 146 valence electrons. The molecule has 28 heavy (non-hydrogen) atoms. The van der Waals surface area contributed by atoms with E-state index in [1.54, 1.807) is 30.5 Å². The second-order valence-electron chi connectivity index (χ2n) is 6.25. The van der Waals surface area contributed by atoms with E-state index in [0.29, 0.717) is 17.3 Å². The van der Waals surface area contributed by atoms with Crippen LogP contribution in [0.2, 0.25) is 5.02 Å². The molecule has 0 saturated heterocycles. The topological polar surface area (TPSA) is 88.3 Å². The molecule has 0 spiro atoms. The second kappa shape index (κ2) is 9.27. The number of hydrazine groups is 1. The molecular weight excluding hydrogens is 396 g/mol. The molecule has 0 atom stereocenters. The molecule has 0 aliphatic rings. The molecule has 0 saturated carbocycles. The van der Waals surface area contributed by atoms with Gasteiger partial charge in [-0.15, -0.1) is 0 Å². The van der Waals surface area contributed by atoms with E-state index >= 15 is 0 Å². The van der Waals surface area contributed by atoms with E-state index in [1.165, 1.54) is 16.4 Å². The lowest BCUT2D eigenvalue weighted by Gasteiger charge is -2.22. The minimum atomic E-state index is -3.73. The van der Waals surface area contributed by atoms with Gasteiger partial charge in [0.05, 0.1) is 17.1 Å². The van der Waals surface area contributed by atoms with Gasteiger partial charge in [0.15, 0.2) is 0 Å². The molecule has 2 aromatic carbocycles. The van der Waals surface area contributed by atoms with E-state index in [9.17, 15) is 8.42 Å². The van der Waals surface area contributed by atoms with Gasteiger partial charge < -0.3 is 0 Å². The summed E-state index contributed by atoms with van der Waals surface area (Å²) in [6.45, 7) is 0.927. The first-order chi connectivity index (χ1) is 13.5. The number of hydrogen-bond donors (Lipinski definition) is 2. The van der Waals surface area contributed by atoms with Crippen LogP contribution >= 0.6 is 11.6 Å². The van der Waals surface area contributed by atoms with E-state index in [0.717, 1.165) is 11.1 Å². The van der Waals surface area contributed by atoms with Crippen molar-refractivity contribution in [3.63, 3.8) is 0 Å². The molecule has 3 N–H and O–H groups in total. The summed E-state index contributed by atoms with van der Waals surface area (Å²) in [6.07, 6.45) is 1.65. The Balaban J connectivity index is 1.91. The van der Waals surface area contributed by atoms with Crippen molar-refractivity contribution in [1.82, 2.24) is 14.7 Å². The monoisotopic (exact) mass is 416 g/mol. The van der Waals surface area contributed by atoms with Crippen molar-refractivity contribution >= 4 is 21.6 Å². The molecule has 0 amide bonds. The summed E-state index contributed by atoms with van der Waals surface area (Å²) in [5.41, 5.74) is 5.16. The minimum absolute atomic E-state index is 0.165. The molecule has 0 aliphatic carbocycles. The molecule has 1 aromatic heterocycles. The summed E-state index contributed by atoms with van der Waals surface area (Å²) in [4.78, 5) is 4.46. The molecule has 6 nitrogen and oxygen atoms in total. The number of pyridine rings is 1. The Morgan fingerprint density at radius 3 is 2.21 bits per heavy atom. The Morgan fingerprint density at radius 1 is 0.929 bits per heavy atom. The fourth-order valence-electron chi connectivity index (χ4n) is 2.74. The standard InChI is InChI=1S/C20H21ClN4O2S/c21-18-8-10-20(11-9-18)28(26,27)25(15-19-3-1-2-12-23-19)14-17-6-4-16(5-7-17)13-24-22/h1-12,24H,13-15,22H2. The Bertz CT molecular complexity index is 995. The molecule has 8 heteroatoms. The van der Waals surface area contributed by atoms with Crippen LogP contribution in [0.4, 0.5) is 0 Å². The Hall–Kier alpha value is -2.29. The Kier molecular flexibility index (Phi) is 6.77. The van der Waals surface area contributed by atoms with Crippen LogP contribution in [0.25, 0.3) is 0 Å². The van der Waals surface area contributed by atoms with Crippen molar-refractivity contribution in [2.75, 3.05) is 0 Å². The third-order valence-electron chi connectivity index (χ3n) is 4.20. The SMILES string of the molecule is NNCc1ccc(CN(Cc2ccccn2)S(=O)(=O)c2ccc(Cl)cc2)cc1. The summed E-state index contributed by atoms with van der Waals surface area (Å²) in [7, 11) is -3.73. The molecule has 0 fully saturated rings. The van der Waals surface area contributed by atoms with Crippen molar-refractivity contribution in [2.24, 2.45) is 5.84 Å². The van der Waals surface area contributed by atoms with Crippen LogP contribution in [0.5, 0.6) is 0 Å². The van der Waals surface area contributed by atoms with E-state index in [2.05, 4.69) is 10.4 Å². The fraction of sp³-hybridized carbons (Fsp3) is 0.150. The summed E-state index contributed by atoms with van der Waals surface area (Å²) >= 11 is 5.91. The number of hydrogen-bond acceptors (Lipinski definition) is 5. The number of rotatable bonds is 8. The van der Waals surface area contributed by atoms with Gasteiger partial charge in [-0.25, -0.2) is 8.42 Å². The average molecular weight is 417 g/mol. The third-order valence-corrected chi connectivity index (χ3v) is 6.26. The number of nitrogens with two attached hydrogens (primary N) is 1. The Morgan fingerprint density at radius 2 is 1.61 bits per heavy atom. The van der Waals surface area contributed by atoms with E-state index < -0.39 is 10.0 Å². The van der Waals surface area contributed by atoms with Gasteiger partial charge in [-0.1, -0.05) is 41.9 Å². The van der Waals surface area contributed by atoms with Gasteiger partial charge in [0.2, 0.25) is 10.0 Å². The van der Waals surface area contributed by atoms with E-state index in [1.807, 2.05) is 30.3 Å². The van der Waals surface area contributed by atoms with Crippen LogP contribution in [-0.2, 0) is 29.7 Å². The Labute approximate surface area is 170 Å². The van der Waals surface area contributed by atoms with E-state index in [4.69, 9.17) is 17.4 Å². The number of benzene rings is 2. The summed E-state index contributed by atoms with van der Waals surface area (Å²) < 4.78 is 27.9. The zero-order chi connectivity index (χ0) is 20.0. The molecular formula is C20H21ClN4O2S. The smallest absolute Gasteiger partial charge is 0.243 e. The second-order valence-corrected chi connectivity index (χ2v) is 8.62. The number of sulfonamides is 1.